The van der Waals surface area contributed by atoms with Gasteiger partial charge in [0.15, 0.2) is 5.82 Å². The summed E-state index contributed by atoms with van der Waals surface area (Å²) in [5.74, 6) is 5.64. The van der Waals surface area contributed by atoms with Crippen LogP contribution in [0.15, 0.2) is 35.1 Å². The third kappa shape index (κ3) is 2.06. The fraction of sp³-hybridized carbons (Fsp3) is 0.100. The van der Waals surface area contributed by atoms with Gasteiger partial charge in [-0.2, -0.15) is 0 Å². The van der Waals surface area contributed by atoms with Crippen molar-refractivity contribution in [3.8, 4) is 5.88 Å². The van der Waals surface area contributed by atoms with Crippen molar-refractivity contribution in [2.75, 3.05) is 5.01 Å². The van der Waals surface area contributed by atoms with Gasteiger partial charge in [-0.1, -0.05) is 30.3 Å². The second-order valence-corrected chi connectivity index (χ2v) is 3.39. The predicted octanol–water partition coefficient (Wildman–Crippen LogP) is 0.289. The van der Waals surface area contributed by atoms with Gasteiger partial charge in [0, 0.05) is 0 Å². The van der Waals surface area contributed by atoms with E-state index in [4.69, 9.17) is 5.84 Å². The fourth-order valence-corrected chi connectivity index (χ4v) is 1.43. The number of benzene rings is 1. The maximum absolute atomic E-state index is 10.9. The molecular weight excluding hydrogens is 208 g/mol. The van der Waals surface area contributed by atoms with Gasteiger partial charge in [0.1, 0.15) is 0 Å². The Kier molecular flexibility index (Phi) is 2.65. The number of aromatic amines is 2. The summed E-state index contributed by atoms with van der Waals surface area (Å²) < 4.78 is 0. The van der Waals surface area contributed by atoms with Gasteiger partial charge in [-0.25, -0.2) is 10.6 Å². The van der Waals surface area contributed by atoms with E-state index in [-0.39, 0.29) is 11.7 Å². The Bertz CT molecular complexity index is 517. The SMILES string of the molecule is NN(Cc1ccccc1)c1[nH]c(=O)[nH]c1O. The first-order chi connectivity index (χ1) is 7.66. The average molecular weight is 220 g/mol. The van der Waals surface area contributed by atoms with E-state index in [1.807, 2.05) is 30.3 Å². The third-order valence-corrected chi connectivity index (χ3v) is 2.17. The Morgan fingerprint density at radius 2 is 1.94 bits per heavy atom. The van der Waals surface area contributed by atoms with Crippen LogP contribution in [0.25, 0.3) is 0 Å². The van der Waals surface area contributed by atoms with E-state index in [1.165, 1.54) is 5.01 Å². The number of aromatic nitrogens is 2. The van der Waals surface area contributed by atoms with Crippen molar-refractivity contribution in [3.05, 3.63) is 46.4 Å². The zero-order valence-corrected chi connectivity index (χ0v) is 8.47. The van der Waals surface area contributed by atoms with E-state index < -0.39 is 5.69 Å². The predicted molar refractivity (Wildman–Crippen MR) is 59.9 cm³/mol. The second kappa shape index (κ2) is 4.11. The standard InChI is InChI=1S/C10H12N4O2/c11-14(6-7-4-2-1-3-5-7)8-9(15)13-10(16)12-8/h1-5,15H,6,11H2,(H2,12,13,16). The summed E-state index contributed by atoms with van der Waals surface area (Å²) in [4.78, 5) is 15.5. The number of nitrogens with one attached hydrogen (secondary N) is 2. The van der Waals surface area contributed by atoms with E-state index in [2.05, 4.69) is 9.97 Å². The highest BCUT2D eigenvalue weighted by Crippen LogP contribution is 2.18. The van der Waals surface area contributed by atoms with E-state index in [0.717, 1.165) is 5.56 Å². The number of rotatable bonds is 3. The van der Waals surface area contributed by atoms with Crippen LogP contribution < -0.4 is 16.5 Å². The lowest BCUT2D eigenvalue weighted by Gasteiger charge is -2.16. The molecule has 1 aromatic heterocycles. The lowest BCUT2D eigenvalue weighted by atomic mass is 10.2. The molecule has 16 heavy (non-hydrogen) atoms. The lowest BCUT2D eigenvalue weighted by molar-refractivity contribution is 0.454. The zero-order valence-electron chi connectivity index (χ0n) is 8.47. The van der Waals surface area contributed by atoms with Crippen LogP contribution in [0, 0.1) is 0 Å². The van der Waals surface area contributed by atoms with Crippen molar-refractivity contribution >= 4 is 5.82 Å². The van der Waals surface area contributed by atoms with Crippen molar-refractivity contribution in [3.63, 3.8) is 0 Å². The summed E-state index contributed by atoms with van der Waals surface area (Å²) in [6.45, 7) is 0.391. The average Bonchev–Trinajstić information content (AvgIpc) is 2.59. The zero-order chi connectivity index (χ0) is 11.5. The Hall–Kier alpha value is -2.21. The molecule has 5 N–H and O–H groups in total. The Morgan fingerprint density at radius 1 is 1.25 bits per heavy atom. The van der Waals surface area contributed by atoms with E-state index in [9.17, 15) is 9.90 Å². The summed E-state index contributed by atoms with van der Waals surface area (Å²) in [6, 6.07) is 9.50. The number of anilines is 1. The minimum absolute atomic E-state index is 0.175. The summed E-state index contributed by atoms with van der Waals surface area (Å²) >= 11 is 0. The topological polar surface area (TPSA) is 98.1 Å². The largest absolute Gasteiger partial charge is 0.492 e. The molecule has 0 aliphatic heterocycles. The molecule has 1 heterocycles. The van der Waals surface area contributed by atoms with Crippen molar-refractivity contribution in [2.24, 2.45) is 5.84 Å². The van der Waals surface area contributed by atoms with Gasteiger partial charge in [0.25, 0.3) is 0 Å². The van der Waals surface area contributed by atoms with Crippen LogP contribution in [0.5, 0.6) is 5.88 Å². The van der Waals surface area contributed by atoms with Crippen molar-refractivity contribution in [1.82, 2.24) is 9.97 Å². The second-order valence-electron chi connectivity index (χ2n) is 3.39. The van der Waals surface area contributed by atoms with E-state index in [1.54, 1.807) is 0 Å². The van der Waals surface area contributed by atoms with Crippen LogP contribution in [-0.4, -0.2) is 15.1 Å². The summed E-state index contributed by atoms with van der Waals surface area (Å²) in [5.41, 5.74) is 0.488. The quantitative estimate of drug-likeness (QED) is 0.441. The van der Waals surface area contributed by atoms with Crippen molar-refractivity contribution in [2.45, 2.75) is 6.54 Å². The Morgan fingerprint density at radius 3 is 2.50 bits per heavy atom. The molecule has 0 atom stereocenters. The van der Waals surface area contributed by atoms with Gasteiger partial charge in [-0.15, -0.1) is 0 Å². The first kappa shape index (κ1) is 10.3. The maximum atomic E-state index is 10.9. The summed E-state index contributed by atoms with van der Waals surface area (Å²) in [5, 5.41) is 10.6. The smallest absolute Gasteiger partial charge is 0.327 e. The van der Waals surface area contributed by atoms with Crippen LogP contribution in [0.4, 0.5) is 5.82 Å². The number of imidazole rings is 1. The molecule has 6 heteroatoms. The number of hydrazine groups is 1. The molecule has 0 aliphatic carbocycles. The molecule has 0 amide bonds. The normalized spacial score (nSPS) is 10.3. The molecule has 0 spiro atoms. The molecule has 0 radical (unpaired) electrons. The minimum atomic E-state index is -0.490. The monoisotopic (exact) mass is 220 g/mol. The Balaban J connectivity index is 2.18. The summed E-state index contributed by atoms with van der Waals surface area (Å²) in [7, 11) is 0. The first-order valence-corrected chi connectivity index (χ1v) is 4.74. The third-order valence-electron chi connectivity index (χ3n) is 2.17. The molecular formula is C10H12N4O2. The number of nitrogens with two attached hydrogens (primary N) is 1. The van der Waals surface area contributed by atoms with Gasteiger partial charge in [0.2, 0.25) is 5.88 Å². The van der Waals surface area contributed by atoms with Gasteiger partial charge < -0.3 is 5.11 Å². The summed E-state index contributed by atoms with van der Waals surface area (Å²) in [6.07, 6.45) is 0. The maximum Gasteiger partial charge on any atom is 0.327 e. The molecule has 84 valence electrons. The molecule has 0 fully saturated rings. The van der Waals surface area contributed by atoms with Crippen LogP contribution in [-0.2, 0) is 6.54 Å². The number of aromatic hydroxyl groups is 1. The molecule has 0 aliphatic rings. The molecule has 0 saturated carbocycles. The van der Waals surface area contributed by atoms with Crippen molar-refractivity contribution < 1.29 is 5.11 Å². The van der Waals surface area contributed by atoms with Crippen LogP contribution >= 0.6 is 0 Å². The fourth-order valence-electron chi connectivity index (χ4n) is 1.43. The molecule has 0 unspecified atom stereocenters. The Labute approximate surface area is 91.3 Å². The van der Waals surface area contributed by atoms with Gasteiger partial charge in [-0.3, -0.25) is 15.0 Å². The molecule has 2 aromatic rings. The molecule has 2 rings (SSSR count). The van der Waals surface area contributed by atoms with Gasteiger partial charge >= 0.3 is 5.69 Å². The molecule has 0 bridgehead atoms. The van der Waals surface area contributed by atoms with Gasteiger partial charge in [-0.05, 0) is 5.56 Å². The van der Waals surface area contributed by atoms with Crippen LogP contribution in [0.3, 0.4) is 0 Å². The first-order valence-electron chi connectivity index (χ1n) is 4.74. The van der Waals surface area contributed by atoms with Crippen molar-refractivity contribution in [1.29, 1.82) is 0 Å². The lowest BCUT2D eigenvalue weighted by Crippen LogP contribution is -2.30. The molecule has 0 saturated heterocycles. The molecule has 6 nitrogen and oxygen atoms in total. The van der Waals surface area contributed by atoms with Gasteiger partial charge in [0.05, 0.1) is 6.54 Å². The van der Waals surface area contributed by atoms with Crippen LogP contribution in [0.1, 0.15) is 5.56 Å². The number of nitrogens with zero attached hydrogens (tertiary/aromatic N) is 1. The van der Waals surface area contributed by atoms with E-state index in [0.29, 0.717) is 6.54 Å². The highest BCUT2D eigenvalue weighted by molar-refractivity contribution is 5.46. The minimum Gasteiger partial charge on any atom is -0.492 e. The highest BCUT2D eigenvalue weighted by atomic mass is 16.3. The number of hydrogen-bond acceptors (Lipinski definition) is 4. The number of H-pyrrole nitrogens is 2. The van der Waals surface area contributed by atoms with Crippen LogP contribution in [0.2, 0.25) is 0 Å². The number of hydrogen-bond donors (Lipinski definition) is 4. The van der Waals surface area contributed by atoms with E-state index >= 15 is 0 Å². The highest BCUT2D eigenvalue weighted by Gasteiger charge is 2.11. The molecule has 1 aromatic carbocycles.